The number of carbonyl (C=O) groups excluding carboxylic acids is 1. The van der Waals surface area contributed by atoms with Crippen LogP contribution in [0.5, 0.6) is 5.75 Å². The maximum atomic E-state index is 12.9. The van der Waals surface area contributed by atoms with Crippen LogP contribution in [-0.4, -0.2) is 44.4 Å². The number of hydrogen-bond donors (Lipinski definition) is 1. The number of hydrogen-bond acceptors (Lipinski definition) is 4. The molecule has 1 heterocycles. The lowest BCUT2D eigenvalue weighted by atomic mass is 10.1. The first-order valence-electron chi connectivity index (χ1n) is 9.69. The largest absolute Gasteiger partial charge is 0.482 e. The molecule has 8 heteroatoms. The molecule has 6 nitrogen and oxygen atoms in total. The SMILES string of the molecule is O=C(COc1ccc(Cl)cc1S(=O)(=O)N1CCCC1)NC1CCCCCC1. The monoisotopic (exact) mass is 414 g/mol. The molecule has 1 amide bonds. The summed E-state index contributed by atoms with van der Waals surface area (Å²) in [6, 6.07) is 4.67. The van der Waals surface area contributed by atoms with Crippen molar-refractivity contribution in [3.05, 3.63) is 23.2 Å². The zero-order valence-corrected chi connectivity index (χ0v) is 17.0. The first-order valence-corrected chi connectivity index (χ1v) is 11.5. The van der Waals surface area contributed by atoms with Crippen LogP contribution in [0.3, 0.4) is 0 Å². The average Bonchev–Trinajstić information content (AvgIpc) is 3.08. The molecule has 1 saturated heterocycles. The van der Waals surface area contributed by atoms with Crippen LogP contribution in [0.15, 0.2) is 23.1 Å². The van der Waals surface area contributed by atoms with Gasteiger partial charge in [0.2, 0.25) is 10.0 Å². The van der Waals surface area contributed by atoms with E-state index in [9.17, 15) is 13.2 Å². The molecule has 150 valence electrons. The van der Waals surface area contributed by atoms with Crippen molar-refractivity contribution in [1.29, 1.82) is 0 Å². The predicted octanol–water partition coefficient (Wildman–Crippen LogP) is 3.34. The Labute approximate surface area is 166 Å². The summed E-state index contributed by atoms with van der Waals surface area (Å²) < 4.78 is 32.8. The van der Waals surface area contributed by atoms with Crippen LogP contribution in [0.1, 0.15) is 51.4 Å². The summed E-state index contributed by atoms with van der Waals surface area (Å²) in [6.07, 6.45) is 8.35. The molecule has 1 N–H and O–H groups in total. The molecule has 1 aromatic carbocycles. The highest BCUT2D eigenvalue weighted by atomic mass is 35.5. The molecule has 0 radical (unpaired) electrons. The third-order valence-electron chi connectivity index (χ3n) is 5.17. The van der Waals surface area contributed by atoms with Gasteiger partial charge in [-0.3, -0.25) is 4.79 Å². The molecular formula is C19H27ClN2O4S. The van der Waals surface area contributed by atoms with E-state index in [1.54, 1.807) is 6.07 Å². The van der Waals surface area contributed by atoms with E-state index in [0.717, 1.165) is 38.5 Å². The number of benzene rings is 1. The van der Waals surface area contributed by atoms with Gasteiger partial charge in [-0.2, -0.15) is 4.31 Å². The van der Waals surface area contributed by atoms with Crippen molar-refractivity contribution in [2.45, 2.75) is 62.3 Å². The molecule has 2 aliphatic rings. The van der Waals surface area contributed by atoms with Gasteiger partial charge < -0.3 is 10.1 Å². The predicted molar refractivity (Wildman–Crippen MR) is 105 cm³/mol. The molecule has 0 bridgehead atoms. The van der Waals surface area contributed by atoms with E-state index in [4.69, 9.17) is 16.3 Å². The van der Waals surface area contributed by atoms with Crippen molar-refractivity contribution in [1.82, 2.24) is 9.62 Å². The molecule has 1 aromatic rings. The molecule has 0 atom stereocenters. The van der Waals surface area contributed by atoms with E-state index in [2.05, 4.69) is 5.32 Å². The van der Waals surface area contributed by atoms with Crippen molar-refractivity contribution >= 4 is 27.5 Å². The third kappa shape index (κ3) is 5.36. The summed E-state index contributed by atoms with van der Waals surface area (Å²) in [4.78, 5) is 12.3. The van der Waals surface area contributed by atoms with Gasteiger partial charge in [-0.1, -0.05) is 37.3 Å². The van der Waals surface area contributed by atoms with Gasteiger partial charge in [-0.25, -0.2) is 8.42 Å². The summed E-state index contributed by atoms with van der Waals surface area (Å²) in [7, 11) is -3.68. The molecular weight excluding hydrogens is 388 g/mol. The van der Waals surface area contributed by atoms with Gasteiger partial charge in [0, 0.05) is 24.2 Å². The Morgan fingerprint density at radius 3 is 2.44 bits per heavy atom. The lowest BCUT2D eigenvalue weighted by Gasteiger charge is -2.19. The summed E-state index contributed by atoms with van der Waals surface area (Å²) in [6.45, 7) is 0.785. The number of nitrogens with one attached hydrogen (secondary N) is 1. The van der Waals surface area contributed by atoms with Gasteiger partial charge in [-0.15, -0.1) is 0 Å². The minimum absolute atomic E-state index is 0.0270. The second-order valence-corrected chi connectivity index (χ2v) is 9.59. The van der Waals surface area contributed by atoms with Crippen LogP contribution in [0, 0.1) is 0 Å². The quantitative estimate of drug-likeness (QED) is 0.724. The lowest BCUT2D eigenvalue weighted by Crippen LogP contribution is -2.37. The Hall–Kier alpha value is -1.31. The highest BCUT2D eigenvalue weighted by Crippen LogP contribution is 2.31. The molecule has 1 aliphatic heterocycles. The Balaban J connectivity index is 1.67. The summed E-state index contributed by atoms with van der Waals surface area (Å²) in [5.41, 5.74) is 0. The minimum atomic E-state index is -3.68. The summed E-state index contributed by atoms with van der Waals surface area (Å²) in [5.74, 6) is -0.0521. The number of carbonyl (C=O) groups is 1. The van der Waals surface area contributed by atoms with E-state index in [0.29, 0.717) is 18.1 Å². The number of ether oxygens (including phenoxy) is 1. The Kier molecular flexibility index (Phi) is 7.00. The second kappa shape index (κ2) is 9.26. The van der Waals surface area contributed by atoms with E-state index >= 15 is 0 Å². The van der Waals surface area contributed by atoms with Crippen molar-refractivity contribution in [3.63, 3.8) is 0 Å². The number of amides is 1. The summed E-state index contributed by atoms with van der Waals surface area (Å²) >= 11 is 6.02. The van der Waals surface area contributed by atoms with Gasteiger partial charge in [0.25, 0.3) is 5.91 Å². The molecule has 0 unspecified atom stereocenters. The second-order valence-electron chi connectivity index (χ2n) is 7.25. The number of sulfonamides is 1. The fourth-order valence-corrected chi connectivity index (χ4v) is 5.62. The van der Waals surface area contributed by atoms with Gasteiger partial charge >= 0.3 is 0 Å². The zero-order chi connectivity index (χ0) is 19.3. The smallest absolute Gasteiger partial charge is 0.258 e. The first-order chi connectivity index (χ1) is 13.0. The van der Waals surface area contributed by atoms with E-state index in [-0.39, 0.29) is 29.2 Å². The van der Waals surface area contributed by atoms with Crippen LogP contribution in [0.25, 0.3) is 0 Å². The maximum absolute atomic E-state index is 12.9. The van der Waals surface area contributed by atoms with Gasteiger partial charge in [0.1, 0.15) is 10.6 Å². The van der Waals surface area contributed by atoms with Crippen molar-refractivity contribution < 1.29 is 17.9 Å². The molecule has 0 aromatic heterocycles. The zero-order valence-electron chi connectivity index (χ0n) is 15.5. The van der Waals surface area contributed by atoms with Gasteiger partial charge in [0.15, 0.2) is 6.61 Å². The Morgan fingerprint density at radius 2 is 1.78 bits per heavy atom. The molecule has 1 aliphatic carbocycles. The number of rotatable bonds is 6. The highest BCUT2D eigenvalue weighted by Gasteiger charge is 2.30. The Bertz CT molecular complexity index is 755. The maximum Gasteiger partial charge on any atom is 0.258 e. The lowest BCUT2D eigenvalue weighted by molar-refractivity contribution is -0.123. The molecule has 2 fully saturated rings. The average molecular weight is 415 g/mol. The topological polar surface area (TPSA) is 75.7 Å². The van der Waals surface area contributed by atoms with Gasteiger partial charge in [0.05, 0.1) is 0 Å². The van der Waals surface area contributed by atoms with Crippen LogP contribution in [0.4, 0.5) is 0 Å². The van der Waals surface area contributed by atoms with Crippen molar-refractivity contribution in [3.8, 4) is 5.75 Å². The van der Waals surface area contributed by atoms with Crippen LogP contribution in [0.2, 0.25) is 5.02 Å². The van der Waals surface area contributed by atoms with Crippen LogP contribution < -0.4 is 10.1 Å². The Morgan fingerprint density at radius 1 is 1.11 bits per heavy atom. The van der Waals surface area contributed by atoms with Crippen molar-refractivity contribution in [2.75, 3.05) is 19.7 Å². The van der Waals surface area contributed by atoms with Crippen LogP contribution in [-0.2, 0) is 14.8 Å². The number of nitrogens with zero attached hydrogens (tertiary/aromatic N) is 1. The molecule has 3 rings (SSSR count). The van der Waals surface area contributed by atoms with E-state index in [1.165, 1.54) is 29.3 Å². The van der Waals surface area contributed by atoms with Crippen molar-refractivity contribution in [2.24, 2.45) is 0 Å². The summed E-state index contributed by atoms with van der Waals surface area (Å²) in [5, 5.41) is 3.33. The number of halogens is 1. The highest BCUT2D eigenvalue weighted by molar-refractivity contribution is 7.89. The molecule has 27 heavy (non-hydrogen) atoms. The minimum Gasteiger partial charge on any atom is -0.482 e. The molecule has 1 saturated carbocycles. The normalized spacial score (nSPS) is 19.6. The third-order valence-corrected chi connectivity index (χ3v) is 7.32. The fourth-order valence-electron chi connectivity index (χ4n) is 3.71. The molecule has 0 spiro atoms. The van der Waals surface area contributed by atoms with Gasteiger partial charge in [-0.05, 0) is 43.9 Å². The van der Waals surface area contributed by atoms with E-state index < -0.39 is 10.0 Å². The standard InChI is InChI=1S/C19H27ClN2O4S/c20-15-9-10-17(18(13-15)27(24,25)22-11-5-6-12-22)26-14-19(23)21-16-7-3-1-2-4-8-16/h9-10,13,16H,1-8,11-12,14H2,(H,21,23). The first kappa shape index (κ1) is 20.4. The fraction of sp³-hybridized carbons (Fsp3) is 0.632. The van der Waals surface area contributed by atoms with E-state index in [1.807, 2.05) is 0 Å². The van der Waals surface area contributed by atoms with Crippen LogP contribution >= 0.6 is 11.6 Å².